The normalized spacial score (nSPS) is 23.3. The summed E-state index contributed by atoms with van der Waals surface area (Å²) < 4.78 is 0. The Morgan fingerprint density at radius 3 is 2.70 bits per heavy atom. The minimum atomic E-state index is 0.159. The highest BCUT2D eigenvalue weighted by molar-refractivity contribution is 5.81. The molecule has 3 N–H and O–H groups in total. The number of anilines is 2. The molecule has 1 atom stereocenters. The average Bonchev–Trinajstić information content (AvgIpc) is 3.50. The lowest BCUT2D eigenvalue weighted by Crippen LogP contribution is -2.42. The quantitative estimate of drug-likeness (QED) is 0.880. The van der Waals surface area contributed by atoms with Crippen LogP contribution in [0.15, 0.2) is 42.6 Å². The fourth-order valence-electron chi connectivity index (χ4n) is 4.90. The van der Waals surface area contributed by atoms with Crippen molar-refractivity contribution in [3.05, 3.63) is 53.7 Å². The molecular weight excluding hydrogens is 336 g/mol. The van der Waals surface area contributed by atoms with E-state index in [4.69, 9.17) is 5.73 Å². The highest BCUT2D eigenvalue weighted by Crippen LogP contribution is 2.51. The lowest BCUT2D eigenvalue weighted by atomic mass is 9.73. The van der Waals surface area contributed by atoms with E-state index in [1.165, 1.54) is 11.1 Å². The highest BCUT2D eigenvalue weighted by Gasteiger charge is 2.46. The molecule has 1 amide bonds. The first kappa shape index (κ1) is 16.6. The number of piperidine rings is 1. The van der Waals surface area contributed by atoms with E-state index in [-0.39, 0.29) is 23.3 Å². The summed E-state index contributed by atoms with van der Waals surface area (Å²) in [7, 11) is 0. The summed E-state index contributed by atoms with van der Waals surface area (Å²) in [6.07, 6.45) is 7.06. The van der Waals surface area contributed by atoms with Gasteiger partial charge in [0.15, 0.2) is 0 Å². The van der Waals surface area contributed by atoms with Crippen molar-refractivity contribution in [2.45, 2.75) is 43.6 Å². The summed E-state index contributed by atoms with van der Waals surface area (Å²) >= 11 is 0. The second-order valence-electron chi connectivity index (χ2n) is 8.34. The van der Waals surface area contributed by atoms with Gasteiger partial charge in [-0.3, -0.25) is 4.79 Å². The third-order valence-corrected chi connectivity index (χ3v) is 6.58. The number of nitrogens with one attached hydrogen (secondary N) is 1. The molecule has 1 saturated carbocycles. The van der Waals surface area contributed by atoms with E-state index in [1.807, 2.05) is 12.1 Å². The summed E-state index contributed by atoms with van der Waals surface area (Å²) in [6.45, 7) is 1.93. The number of benzene rings is 1. The van der Waals surface area contributed by atoms with E-state index >= 15 is 0 Å². The molecule has 5 nitrogen and oxygen atoms in total. The standard InChI is InChI=1S/C22H26N4O/c23-16-7-10-24-20(13-16)26-11-8-22(9-12-26)14-19(25-21(27)15-5-6-15)17-3-1-2-4-18(17)22/h1-4,7,10,13,15,19H,5-6,8-9,11-12,14H2,(H2,23,24)(H,25,27)/t19-/m0/s1. The Bertz CT molecular complexity index is 868. The minimum absolute atomic E-state index is 0.159. The number of nitrogen functional groups attached to an aromatic ring is 1. The van der Waals surface area contributed by atoms with Crippen molar-refractivity contribution >= 4 is 17.4 Å². The lowest BCUT2D eigenvalue weighted by Gasteiger charge is -2.41. The summed E-state index contributed by atoms with van der Waals surface area (Å²) in [6, 6.07) is 12.7. The van der Waals surface area contributed by atoms with Gasteiger partial charge in [0.05, 0.1) is 6.04 Å². The number of carbonyl (C=O) groups is 1. The number of amides is 1. The smallest absolute Gasteiger partial charge is 0.223 e. The number of fused-ring (bicyclic) bond motifs is 2. The van der Waals surface area contributed by atoms with Crippen molar-refractivity contribution in [3.8, 4) is 0 Å². The van der Waals surface area contributed by atoms with Crippen molar-refractivity contribution in [2.75, 3.05) is 23.7 Å². The molecular formula is C22H26N4O. The molecule has 2 aromatic rings. The third kappa shape index (κ3) is 2.95. The van der Waals surface area contributed by atoms with E-state index in [9.17, 15) is 4.79 Å². The Labute approximate surface area is 160 Å². The van der Waals surface area contributed by atoms with Gasteiger partial charge in [0.1, 0.15) is 5.82 Å². The number of nitrogens with two attached hydrogens (primary N) is 1. The van der Waals surface area contributed by atoms with Crippen LogP contribution in [0.2, 0.25) is 0 Å². The van der Waals surface area contributed by atoms with Crippen LogP contribution < -0.4 is 16.0 Å². The van der Waals surface area contributed by atoms with Gasteiger partial charge in [0.2, 0.25) is 5.91 Å². The Kier molecular flexibility index (Phi) is 3.85. The van der Waals surface area contributed by atoms with Crippen LogP contribution >= 0.6 is 0 Å². The zero-order valence-corrected chi connectivity index (χ0v) is 15.5. The maximum atomic E-state index is 12.4. The molecule has 2 aliphatic carbocycles. The Morgan fingerprint density at radius 1 is 1.19 bits per heavy atom. The first-order valence-electron chi connectivity index (χ1n) is 10.0. The molecule has 1 spiro atoms. The van der Waals surface area contributed by atoms with Crippen molar-refractivity contribution in [2.24, 2.45) is 5.92 Å². The molecule has 0 bridgehead atoms. The molecule has 140 valence electrons. The first-order chi connectivity index (χ1) is 13.1. The van der Waals surface area contributed by atoms with E-state index in [1.54, 1.807) is 6.20 Å². The van der Waals surface area contributed by atoms with Gasteiger partial charge >= 0.3 is 0 Å². The van der Waals surface area contributed by atoms with Crippen LogP contribution in [0.1, 0.15) is 49.3 Å². The number of hydrogen-bond donors (Lipinski definition) is 2. The number of hydrogen-bond acceptors (Lipinski definition) is 4. The molecule has 27 heavy (non-hydrogen) atoms. The van der Waals surface area contributed by atoms with E-state index in [0.29, 0.717) is 0 Å². The van der Waals surface area contributed by atoms with Crippen LogP contribution in [0.5, 0.6) is 0 Å². The molecule has 1 aromatic heterocycles. The molecule has 2 fully saturated rings. The van der Waals surface area contributed by atoms with Gasteiger partial charge in [0.25, 0.3) is 0 Å². The largest absolute Gasteiger partial charge is 0.399 e. The number of pyridine rings is 1. The maximum Gasteiger partial charge on any atom is 0.223 e. The highest BCUT2D eigenvalue weighted by atomic mass is 16.2. The Morgan fingerprint density at radius 2 is 1.96 bits per heavy atom. The maximum absolute atomic E-state index is 12.4. The van der Waals surface area contributed by atoms with Gasteiger partial charge in [0, 0.05) is 42.4 Å². The van der Waals surface area contributed by atoms with Crippen LogP contribution in [-0.2, 0) is 10.2 Å². The zero-order chi connectivity index (χ0) is 18.4. The van der Waals surface area contributed by atoms with Gasteiger partial charge in [-0.15, -0.1) is 0 Å². The number of rotatable bonds is 3. The second kappa shape index (κ2) is 6.25. The molecule has 0 unspecified atom stereocenters. The van der Waals surface area contributed by atoms with Crippen molar-refractivity contribution in [3.63, 3.8) is 0 Å². The van der Waals surface area contributed by atoms with Gasteiger partial charge in [-0.25, -0.2) is 4.98 Å². The molecule has 5 rings (SSSR count). The topological polar surface area (TPSA) is 71.2 Å². The van der Waals surface area contributed by atoms with Gasteiger partial charge < -0.3 is 16.0 Å². The van der Waals surface area contributed by atoms with Crippen molar-refractivity contribution < 1.29 is 4.79 Å². The van der Waals surface area contributed by atoms with Crippen LogP contribution in [0.4, 0.5) is 11.5 Å². The van der Waals surface area contributed by atoms with E-state index < -0.39 is 0 Å². The van der Waals surface area contributed by atoms with Crippen molar-refractivity contribution in [1.29, 1.82) is 0 Å². The molecule has 2 heterocycles. The van der Waals surface area contributed by atoms with Gasteiger partial charge in [-0.1, -0.05) is 24.3 Å². The van der Waals surface area contributed by atoms with Gasteiger partial charge in [-0.2, -0.15) is 0 Å². The molecule has 1 aromatic carbocycles. The third-order valence-electron chi connectivity index (χ3n) is 6.58. The SMILES string of the molecule is Nc1ccnc(N2CCC3(CC2)C[C@H](NC(=O)C2CC2)c2ccccc23)c1. The molecule has 0 radical (unpaired) electrons. The lowest BCUT2D eigenvalue weighted by molar-refractivity contribution is -0.123. The van der Waals surface area contributed by atoms with Crippen LogP contribution in [0, 0.1) is 5.92 Å². The first-order valence-corrected chi connectivity index (χ1v) is 10.0. The summed E-state index contributed by atoms with van der Waals surface area (Å²) in [5, 5.41) is 3.34. The summed E-state index contributed by atoms with van der Waals surface area (Å²) in [5.74, 6) is 1.47. The Balaban J connectivity index is 1.36. The zero-order valence-electron chi connectivity index (χ0n) is 15.5. The van der Waals surface area contributed by atoms with Crippen molar-refractivity contribution in [1.82, 2.24) is 10.3 Å². The number of carbonyl (C=O) groups excluding carboxylic acids is 1. The molecule has 1 aliphatic heterocycles. The summed E-state index contributed by atoms with van der Waals surface area (Å²) in [4.78, 5) is 19.2. The second-order valence-corrected chi connectivity index (χ2v) is 8.34. The average molecular weight is 362 g/mol. The molecule has 1 saturated heterocycles. The molecule has 5 heteroatoms. The predicted octanol–water partition coefficient (Wildman–Crippen LogP) is 3.17. The van der Waals surface area contributed by atoms with E-state index in [0.717, 1.165) is 56.7 Å². The molecule has 3 aliphatic rings. The predicted molar refractivity (Wildman–Crippen MR) is 106 cm³/mol. The van der Waals surface area contributed by atoms with Crippen LogP contribution in [0.3, 0.4) is 0 Å². The Hall–Kier alpha value is -2.56. The van der Waals surface area contributed by atoms with E-state index in [2.05, 4.69) is 39.5 Å². The van der Waals surface area contributed by atoms with Crippen LogP contribution in [0.25, 0.3) is 0 Å². The fraction of sp³-hybridized carbons (Fsp3) is 0.455. The summed E-state index contributed by atoms with van der Waals surface area (Å²) in [5.41, 5.74) is 9.61. The number of aromatic nitrogens is 1. The van der Waals surface area contributed by atoms with Gasteiger partial charge in [-0.05, 0) is 49.3 Å². The minimum Gasteiger partial charge on any atom is -0.399 e. The monoisotopic (exact) mass is 362 g/mol. The number of nitrogens with zero attached hydrogens (tertiary/aromatic N) is 2. The van der Waals surface area contributed by atoms with Crippen LogP contribution in [-0.4, -0.2) is 24.0 Å². The fourth-order valence-corrected chi connectivity index (χ4v) is 4.90.